The average Bonchev–Trinajstić information content (AvgIpc) is 2.91. The first-order valence-corrected chi connectivity index (χ1v) is 12.1. The summed E-state index contributed by atoms with van der Waals surface area (Å²) in [5.41, 5.74) is 4.87. The molecule has 0 amide bonds. The molecule has 0 N–H and O–H groups in total. The van der Waals surface area contributed by atoms with Crippen LogP contribution in [0.4, 0.5) is 0 Å². The third-order valence-electron chi connectivity index (χ3n) is 5.61. The maximum absolute atomic E-state index is 5.95. The summed E-state index contributed by atoms with van der Waals surface area (Å²) < 4.78 is 22.2. The van der Waals surface area contributed by atoms with Gasteiger partial charge in [0.25, 0.3) is 0 Å². The minimum atomic E-state index is 0.599. The highest BCUT2D eigenvalue weighted by Crippen LogP contribution is 2.15. The molecular formula is C31H36O4. The molecule has 4 heteroatoms. The number of methoxy groups -OCH3 is 2. The van der Waals surface area contributed by atoms with Gasteiger partial charge in [0.05, 0.1) is 40.6 Å². The fraction of sp³-hybridized carbons (Fsp3) is 0.290. The Morgan fingerprint density at radius 3 is 1.83 bits per heavy atom. The molecule has 0 heterocycles. The van der Waals surface area contributed by atoms with Crippen molar-refractivity contribution >= 4 is 6.08 Å². The number of rotatable bonds is 15. The van der Waals surface area contributed by atoms with Crippen LogP contribution < -0.4 is 9.47 Å². The van der Waals surface area contributed by atoms with Crippen molar-refractivity contribution in [3.8, 4) is 11.5 Å². The largest absolute Gasteiger partial charge is 0.497 e. The molecule has 0 aromatic heterocycles. The average molecular weight is 473 g/mol. The Hall–Kier alpha value is -3.34. The molecule has 3 aromatic rings. The third kappa shape index (κ3) is 10.2. The van der Waals surface area contributed by atoms with Gasteiger partial charge in [0.2, 0.25) is 0 Å². The molecule has 0 unspecified atom stereocenters. The van der Waals surface area contributed by atoms with Crippen molar-refractivity contribution in [2.75, 3.05) is 27.4 Å². The van der Waals surface area contributed by atoms with Crippen molar-refractivity contribution in [2.45, 2.75) is 32.5 Å². The maximum Gasteiger partial charge on any atom is 0.118 e. The second-order valence-corrected chi connectivity index (χ2v) is 8.22. The molecule has 35 heavy (non-hydrogen) atoms. The van der Waals surface area contributed by atoms with E-state index >= 15 is 0 Å². The van der Waals surface area contributed by atoms with Gasteiger partial charge in [0, 0.05) is 0 Å². The predicted molar refractivity (Wildman–Crippen MR) is 143 cm³/mol. The predicted octanol–water partition coefficient (Wildman–Crippen LogP) is 7.25. The van der Waals surface area contributed by atoms with Gasteiger partial charge in [-0.2, -0.15) is 0 Å². The van der Waals surface area contributed by atoms with E-state index in [2.05, 4.69) is 42.5 Å². The number of ether oxygens (including phenoxy) is 4. The first-order chi connectivity index (χ1) is 17.3. The van der Waals surface area contributed by atoms with E-state index in [4.69, 9.17) is 18.9 Å². The summed E-state index contributed by atoms with van der Waals surface area (Å²) in [5, 5.41) is 0. The summed E-state index contributed by atoms with van der Waals surface area (Å²) in [5.74, 6) is 1.72. The van der Waals surface area contributed by atoms with E-state index < -0.39 is 0 Å². The van der Waals surface area contributed by atoms with Gasteiger partial charge in [-0.05, 0) is 60.2 Å². The zero-order valence-electron chi connectivity index (χ0n) is 20.8. The Morgan fingerprint density at radius 2 is 1.26 bits per heavy atom. The molecule has 0 aliphatic rings. The normalized spacial score (nSPS) is 11.7. The van der Waals surface area contributed by atoms with Crippen molar-refractivity contribution in [2.24, 2.45) is 0 Å². The molecule has 0 aliphatic carbocycles. The highest BCUT2D eigenvalue weighted by Gasteiger charge is 2.00. The second-order valence-electron chi connectivity index (χ2n) is 8.22. The molecule has 0 bridgehead atoms. The molecule has 0 spiro atoms. The molecule has 0 aliphatic heterocycles. The minimum Gasteiger partial charge on any atom is -0.497 e. The first-order valence-electron chi connectivity index (χ1n) is 12.1. The van der Waals surface area contributed by atoms with Gasteiger partial charge in [-0.15, -0.1) is 0 Å². The molecule has 184 valence electrons. The second kappa shape index (κ2) is 15.5. The lowest BCUT2D eigenvalue weighted by molar-refractivity contribution is 0.121. The van der Waals surface area contributed by atoms with Gasteiger partial charge in [-0.25, -0.2) is 0 Å². The van der Waals surface area contributed by atoms with Crippen LogP contribution in [0, 0.1) is 0 Å². The van der Waals surface area contributed by atoms with Crippen molar-refractivity contribution < 1.29 is 18.9 Å². The van der Waals surface area contributed by atoms with E-state index in [9.17, 15) is 0 Å². The van der Waals surface area contributed by atoms with E-state index in [0.717, 1.165) is 41.9 Å². The van der Waals surface area contributed by atoms with Crippen LogP contribution in [0.2, 0.25) is 0 Å². The van der Waals surface area contributed by atoms with Crippen LogP contribution in [0.3, 0.4) is 0 Å². The Balaban J connectivity index is 1.45. The number of benzene rings is 3. The van der Waals surface area contributed by atoms with Gasteiger partial charge < -0.3 is 18.9 Å². The van der Waals surface area contributed by atoms with Crippen LogP contribution >= 0.6 is 0 Å². The zero-order valence-corrected chi connectivity index (χ0v) is 20.8. The Morgan fingerprint density at radius 1 is 0.686 bits per heavy atom. The van der Waals surface area contributed by atoms with Gasteiger partial charge in [0.15, 0.2) is 0 Å². The summed E-state index contributed by atoms with van der Waals surface area (Å²) in [6, 6.07) is 26.4. The van der Waals surface area contributed by atoms with Crippen LogP contribution in [-0.2, 0) is 22.7 Å². The lowest BCUT2D eigenvalue weighted by Crippen LogP contribution is -1.99. The Labute approximate surface area is 209 Å². The smallest absolute Gasteiger partial charge is 0.118 e. The lowest BCUT2D eigenvalue weighted by Gasteiger charge is -2.09. The highest BCUT2D eigenvalue weighted by atomic mass is 16.5. The molecule has 4 nitrogen and oxygen atoms in total. The summed E-state index contributed by atoms with van der Waals surface area (Å²) in [6.07, 6.45) is 9.37. The highest BCUT2D eigenvalue weighted by molar-refractivity contribution is 5.49. The number of hydrogen-bond acceptors (Lipinski definition) is 4. The van der Waals surface area contributed by atoms with E-state index in [1.54, 1.807) is 14.2 Å². The van der Waals surface area contributed by atoms with Crippen LogP contribution in [0.1, 0.15) is 36.0 Å². The van der Waals surface area contributed by atoms with Gasteiger partial charge in [0.1, 0.15) is 11.5 Å². The number of hydrogen-bond donors (Lipinski definition) is 0. The fourth-order valence-corrected chi connectivity index (χ4v) is 3.57. The van der Waals surface area contributed by atoms with Crippen LogP contribution in [0.5, 0.6) is 11.5 Å². The van der Waals surface area contributed by atoms with E-state index in [0.29, 0.717) is 26.4 Å². The van der Waals surface area contributed by atoms with E-state index in [-0.39, 0.29) is 0 Å². The summed E-state index contributed by atoms with van der Waals surface area (Å²) >= 11 is 0. The minimum absolute atomic E-state index is 0.599. The molecule has 0 fully saturated rings. The van der Waals surface area contributed by atoms with Gasteiger partial charge >= 0.3 is 0 Å². The summed E-state index contributed by atoms with van der Waals surface area (Å²) in [6.45, 7) is 2.57. The van der Waals surface area contributed by atoms with Crippen molar-refractivity contribution in [1.82, 2.24) is 0 Å². The van der Waals surface area contributed by atoms with Gasteiger partial charge in [-0.3, -0.25) is 0 Å². The topological polar surface area (TPSA) is 36.9 Å². The lowest BCUT2D eigenvalue weighted by atomic mass is 10.1. The molecule has 0 atom stereocenters. The molecule has 0 saturated heterocycles. The SMILES string of the molecule is COc1ccc(COCC/C=C(\C/C=C\c2ccccc2)CCOCc2ccc(OC)cc2)cc1. The van der Waals surface area contributed by atoms with Crippen LogP contribution in [-0.4, -0.2) is 27.4 Å². The molecule has 3 aromatic carbocycles. The molecular weight excluding hydrogens is 436 g/mol. The van der Waals surface area contributed by atoms with E-state index in [1.807, 2.05) is 54.6 Å². The van der Waals surface area contributed by atoms with Crippen molar-refractivity contribution in [1.29, 1.82) is 0 Å². The standard InChI is InChI=1S/C31H36O4/c1-32-30-17-13-28(14-18-30)24-34-22-7-12-27(11-6-10-26-8-4-3-5-9-26)21-23-35-25-29-15-19-31(33-2)20-16-29/h3-6,8-10,12-20H,7,11,21-25H2,1-2H3/b10-6-,27-12+. The Bertz CT molecular complexity index is 1020. The van der Waals surface area contributed by atoms with Crippen molar-refractivity contribution in [3.05, 3.63) is 113 Å². The van der Waals surface area contributed by atoms with Crippen LogP contribution in [0.15, 0.2) is 96.6 Å². The quantitative estimate of drug-likeness (QED) is 0.172. The summed E-state index contributed by atoms with van der Waals surface area (Å²) in [7, 11) is 3.35. The van der Waals surface area contributed by atoms with Crippen LogP contribution in [0.25, 0.3) is 6.08 Å². The molecule has 3 rings (SSSR count). The first kappa shape index (κ1) is 26.3. The maximum atomic E-state index is 5.95. The van der Waals surface area contributed by atoms with Gasteiger partial charge in [-0.1, -0.05) is 78.4 Å². The van der Waals surface area contributed by atoms with E-state index in [1.165, 1.54) is 11.1 Å². The summed E-state index contributed by atoms with van der Waals surface area (Å²) in [4.78, 5) is 0. The van der Waals surface area contributed by atoms with Crippen molar-refractivity contribution in [3.63, 3.8) is 0 Å². The zero-order chi connectivity index (χ0) is 24.6. The monoisotopic (exact) mass is 472 g/mol. The fourth-order valence-electron chi connectivity index (χ4n) is 3.57. The molecule has 0 radical (unpaired) electrons. The number of allylic oxidation sites excluding steroid dienone is 1. The third-order valence-corrected chi connectivity index (χ3v) is 5.61. The molecule has 0 saturated carbocycles. The Kier molecular flexibility index (Phi) is 11.7.